The number of aromatic nitrogens is 1. The standard InChI is InChI=1S/C17H17F2N5O2/c1-9-13(19)15(25)22-17(21-9)24-7-10-5-23(6-11(10)8-24)16(26)14-12(18)3-2-4-20-14/h2-4,10-11,13H,5-8H2,1H3. The van der Waals surface area contributed by atoms with Crippen LogP contribution in [0.25, 0.3) is 0 Å². The molecule has 9 heteroatoms. The Morgan fingerprint density at radius 3 is 2.50 bits per heavy atom. The number of nitrogens with zero attached hydrogens (tertiary/aromatic N) is 5. The molecular formula is C17H17F2N5O2. The summed E-state index contributed by atoms with van der Waals surface area (Å²) >= 11 is 0. The van der Waals surface area contributed by atoms with Gasteiger partial charge in [-0.2, -0.15) is 4.99 Å². The molecule has 2 saturated heterocycles. The average Bonchev–Trinajstić information content (AvgIpc) is 3.18. The second-order valence-electron chi connectivity index (χ2n) is 6.83. The highest BCUT2D eigenvalue weighted by atomic mass is 19.1. The smallest absolute Gasteiger partial charge is 0.289 e. The third-order valence-electron chi connectivity index (χ3n) is 5.09. The minimum Gasteiger partial charge on any atom is -0.340 e. The van der Waals surface area contributed by atoms with E-state index in [4.69, 9.17) is 0 Å². The van der Waals surface area contributed by atoms with E-state index in [0.29, 0.717) is 26.2 Å². The van der Waals surface area contributed by atoms with Crippen molar-refractivity contribution in [3.05, 3.63) is 29.8 Å². The van der Waals surface area contributed by atoms with E-state index < -0.39 is 23.8 Å². The van der Waals surface area contributed by atoms with E-state index in [9.17, 15) is 18.4 Å². The molecule has 0 spiro atoms. The molecule has 0 radical (unpaired) electrons. The van der Waals surface area contributed by atoms with Gasteiger partial charge < -0.3 is 9.80 Å². The molecule has 0 N–H and O–H groups in total. The number of hydrogen-bond donors (Lipinski definition) is 0. The summed E-state index contributed by atoms with van der Waals surface area (Å²) in [5.41, 5.74) is -0.0553. The summed E-state index contributed by atoms with van der Waals surface area (Å²) in [6.07, 6.45) is -0.367. The molecule has 4 heterocycles. The van der Waals surface area contributed by atoms with E-state index in [1.807, 2.05) is 4.90 Å². The Hall–Kier alpha value is -2.71. The maximum atomic E-state index is 13.8. The fourth-order valence-electron chi connectivity index (χ4n) is 3.73. The molecular weight excluding hydrogens is 344 g/mol. The molecule has 4 rings (SSSR count). The predicted molar refractivity (Wildman–Crippen MR) is 89.1 cm³/mol. The van der Waals surface area contributed by atoms with Gasteiger partial charge in [-0.05, 0) is 19.1 Å². The maximum absolute atomic E-state index is 13.8. The van der Waals surface area contributed by atoms with Gasteiger partial charge in [0.25, 0.3) is 11.8 Å². The summed E-state index contributed by atoms with van der Waals surface area (Å²) in [6.45, 7) is 3.56. The van der Waals surface area contributed by atoms with Gasteiger partial charge in [-0.15, -0.1) is 0 Å². The van der Waals surface area contributed by atoms with Gasteiger partial charge in [-0.25, -0.2) is 18.8 Å². The number of likely N-dealkylation sites (tertiary alicyclic amines) is 2. The Morgan fingerprint density at radius 1 is 1.19 bits per heavy atom. The van der Waals surface area contributed by atoms with Crippen LogP contribution in [-0.2, 0) is 4.79 Å². The average molecular weight is 361 g/mol. The van der Waals surface area contributed by atoms with Gasteiger partial charge in [0.2, 0.25) is 12.1 Å². The van der Waals surface area contributed by atoms with Crippen molar-refractivity contribution in [3.8, 4) is 0 Å². The summed E-state index contributed by atoms with van der Waals surface area (Å²) in [5.74, 6) is -1.29. The Balaban J connectivity index is 1.44. The van der Waals surface area contributed by atoms with Gasteiger partial charge in [0, 0.05) is 44.2 Å². The number of aliphatic imine (C=N–C) groups is 2. The number of halogens is 2. The van der Waals surface area contributed by atoms with Crippen LogP contribution >= 0.6 is 0 Å². The Morgan fingerprint density at radius 2 is 1.88 bits per heavy atom. The Bertz CT molecular complexity index is 826. The number of amides is 2. The number of hydrogen-bond acceptors (Lipinski definition) is 5. The maximum Gasteiger partial charge on any atom is 0.289 e. The molecule has 0 aliphatic carbocycles. The summed E-state index contributed by atoms with van der Waals surface area (Å²) in [4.78, 5) is 39.2. The van der Waals surface area contributed by atoms with Crippen LogP contribution in [0.1, 0.15) is 17.4 Å². The lowest BCUT2D eigenvalue weighted by Crippen LogP contribution is -2.39. The normalized spacial score (nSPS) is 28.1. The third-order valence-corrected chi connectivity index (χ3v) is 5.09. The van der Waals surface area contributed by atoms with E-state index >= 15 is 0 Å². The highest BCUT2D eigenvalue weighted by Gasteiger charge is 2.44. The Labute approximate surface area is 148 Å². The quantitative estimate of drug-likeness (QED) is 0.745. The monoisotopic (exact) mass is 361 g/mol. The van der Waals surface area contributed by atoms with Gasteiger partial charge in [0.05, 0.1) is 5.71 Å². The molecule has 3 unspecified atom stereocenters. The first kappa shape index (κ1) is 16.7. The number of guanidine groups is 1. The second kappa shape index (κ2) is 6.22. The molecule has 2 fully saturated rings. The van der Waals surface area contributed by atoms with Crippen molar-refractivity contribution in [2.24, 2.45) is 21.8 Å². The zero-order chi connectivity index (χ0) is 18.4. The first-order valence-corrected chi connectivity index (χ1v) is 8.40. The third kappa shape index (κ3) is 2.77. The molecule has 7 nitrogen and oxygen atoms in total. The highest BCUT2D eigenvalue weighted by Crippen LogP contribution is 2.32. The molecule has 1 aromatic rings. The van der Waals surface area contributed by atoms with Crippen molar-refractivity contribution >= 4 is 23.5 Å². The molecule has 136 valence electrons. The minimum atomic E-state index is -1.76. The predicted octanol–water partition coefficient (Wildman–Crippen LogP) is 0.920. The van der Waals surface area contributed by atoms with Crippen LogP contribution in [-0.4, -0.2) is 70.6 Å². The molecule has 0 aromatic carbocycles. The number of fused-ring (bicyclic) bond motifs is 1. The van der Waals surface area contributed by atoms with Gasteiger partial charge in [-0.3, -0.25) is 9.59 Å². The lowest BCUT2D eigenvalue weighted by molar-refractivity contribution is -0.120. The van der Waals surface area contributed by atoms with Crippen LogP contribution in [0.5, 0.6) is 0 Å². The van der Waals surface area contributed by atoms with Crippen LogP contribution in [0.4, 0.5) is 8.78 Å². The van der Waals surface area contributed by atoms with E-state index in [0.717, 1.165) is 0 Å². The summed E-state index contributed by atoms with van der Waals surface area (Å²) in [6, 6.07) is 2.66. The summed E-state index contributed by atoms with van der Waals surface area (Å²) in [5, 5.41) is 0. The SMILES string of the molecule is CC1=NC(N2CC3CN(C(=O)c4ncccc4F)CC3C2)=NC(=O)C1F. The molecule has 2 amide bonds. The second-order valence-corrected chi connectivity index (χ2v) is 6.83. The van der Waals surface area contributed by atoms with Crippen LogP contribution < -0.4 is 0 Å². The molecule has 3 atom stereocenters. The molecule has 3 aliphatic heterocycles. The van der Waals surface area contributed by atoms with E-state index in [2.05, 4.69) is 15.0 Å². The zero-order valence-electron chi connectivity index (χ0n) is 14.1. The highest BCUT2D eigenvalue weighted by molar-refractivity contribution is 6.16. The van der Waals surface area contributed by atoms with Crippen LogP contribution in [0.15, 0.2) is 28.3 Å². The van der Waals surface area contributed by atoms with Gasteiger partial charge in [0.1, 0.15) is 0 Å². The van der Waals surface area contributed by atoms with Gasteiger partial charge in [0.15, 0.2) is 11.5 Å². The van der Waals surface area contributed by atoms with Crippen molar-refractivity contribution in [2.75, 3.05) is 26.2 Å². The topological polar surface area (TPSA) is 78.2 Å². The molecule has 26 heavy (non-hydrogen) atoms. The fourth-order valence-corrected chi connectivity index (χ4v) is 3.73. The van der Waals surface area contributed by atoms with Gasteiger partial charge >= 0.3 is 0 Å². The molecule has 0 bridgehead atoms. The molecule has 3 aliphatic rings. The number of rotatable bonds is 1. The largest absolute Gasteiger partial charge is 0.340 e. The first-order valence-electron chi connectivity index (χ1n) is 8.40. The van der Waals surface area contributed by atoms with E-state index in [1.54, 1.807) is 4.90 Å². The van der Waals surface area contributed by atoms with Crippen molar-refractivity contribution in [1.82, 2.24) is 14.8 Å². The molecule has 1 aromatic heterocycles. The van der Waals surface area contributed by atoms with Crippen molar-refractivity contribution in [3.63, 3.8) is 0 Å². The first-order chi connectivity index (χ1) is 12.4. The van der Waals surface area contributed by atoms with Gasteiger partial charge in [-0.1, -0.05) is 0 Å². The van der Waals surface area contributed by atoms with Crippen LogP contribution in [0.2, 0.25) is 0 Å². The summed E-state index contributed by atoms with van der Waals surface area (Å²) < 4.78 is 27.3. The van der Waals surface area contributed by atoms with Crippen molar-refractivity contribution in [1.29, 1.82) is 0 Å². The number of alkyl halides is 1. The lowest BCUT2D eigenvalue weighted by Gasteiger charge is -2.24. The zero-order valence-corrected chi connectivity index (χ0v) is 14.1. The van der Waals surface area contributed by atoms with Crippen LogP contribution in [0.3, 0.4) is 0 Å². The number of carbonyl (C=O) groups excluding carboxylic acids is 2. The van der Waals surface area contributed by atoms with Crippen molar-refractivity contribution < 1.29 is 18.4 Å². The Kier molecular flexibility index (Phi) is 4.01. The lowest BCUT2D eigenvalue weighted by atomic mass is 10.0. The van der Waals surface area contributed by atoms with Crippen molar-refractivity contribution in [2.45, 2.75) is 13.1 Å². The summed E-state index contributed by atoms with van der Waals surface area (Å²) in [7, 11) is 0. The molecule has 0 saturated carbocycles. The van der Waals surface area contributed by atoms with E-state index in [-0.39, 0.29) is 29.2 Å². The van der Waals surface area contributed by atoms with Crippen LogP contribution in [0, 0.1) is 17.7 Å². The minimum absolute atomic E-state index is 0.111. The fraction of sp³-hybridized carbons (Fsp3) is 0.471. The number of carbonyl (C=O) groups is 2. The number of pyridine rings is 1. The van der Waals surface area contributed by atoms with E-state index in [1.165, 1.54) is 25.3 Å².